The van der Waals surface area contributed by atoms with Crippen molar-refractivity contribution in [1.82, 2.24) is 15.2 Å². The highest BCUT2D eigenvalue weighted by molar-refractivity contribution is 6.06. The normalized spacial score (nSPS) is 17.8. The van der Waals surface area contributed by atoms with Gasteiger partial charge in [-0.05, 0) is 32.4 Å². The van der Waals surface area contributed by atoms with Gasteiger partial charge in [-0.15, -0.1) is 0 Å². The molecule has 0 spiro atoms. The Kier molecular flexibility index (Phi) is 3.83. The fourth-order valence-electron chi connectivity index (χ4n) is 2.10. The summed E-state index contributed by atoms with van der Waals surface area (Å²) in [5.74, 6) is -1.11. The summed E-state index contributed by atoms with van der Waals surface area (Å²) in [4.78, 5) is 40.9. The van der Waals surface area contributed by atoms with Crippen LogP contribution in [0.2, 0.25) is 0 Å². The summed E-state index contributed by atoms with van der Waals surface area (Å²) in [7, 11) is 0. The van der Waals surface area contributed by atoms with Gasteiger partial charge < -0.3 is 4.90 Å². The van der Waals surface area contributed by atoms with Crippen molar-refractivity contribution < 1.29 is 14.4 Å². The largest absolute Gasteiger partial charge is 0.319 e. The standard InChI is InChI=1S/C14H17N3O3/c1-14(2)13(20)16-11(18)9-17(14)12(19)7-6-10-5-3-4-8-15-10/h3-5,8H,6-7,9H2,1-2H3,(H,16,18,20). The van der Waals surface area contributed by atoms with E-state index in [2.05, 4.69) is 10.3 Å². The van der Waals surface area contributed by atoms with Gasteiger partial charge in [0.2, 0.25) is 11.8 Å². The number of piperazine rings is 1. The highest BCUT2D eigenvalue weighted by atomic mass is 16.2. The highest BCUT2D eigenvalue weighted by Crippen LogP contribution is 2.19. The number of hydrogen-bond acceptors (Lipinski definition) is 4. The van der Waals surface area contributed by atoms with Crippen molar-refractivity contribution in [3.63, 3.8) is 0 Å². The molecule has 1 aromatic rings. The van der Waals surface area contributed by atoms with E-state index >= 15 is 0 Å². The first-order valence-electron chi connectivity index (χ1n) is 6.46. The van der Waals surface area contributed by atoms with Crippen LogP contribution in [0.3, 0.4) is 0 Å². The average Bonchev–Trinajstić information content (AvgIpc) is 2.41. The van der Waals surface area contributed by atoms with Gasteiger partial charge in [-0.25, -0.2) is 0 Å². The monoisotopic (exact) mass is 275 g/mol. The number of nitrogens with one attached hydrogen (secondary N) is 1. The number of carbonyl (C=O) groups is 3. The van der Waals surface area contributed by atoms with Crippen molar-refractivity contribution in [2.75, 3.05) is 6.54 Å². The minimum Gasteiger partial charge on any atom is -0.319 e. The predicted octanol–water partition coefficient (Wildman–Crippen LogP) is 0.278. The predicted molar refractivity (Wildman–Crippen MR) is 71.5 cm³/mol. The second-order valence-corrected chi connectivity index (χ2v) is 5.24. The molecule has 1 aromatic heterocycles. The minimum absolute atomic E-state index is 0.0835. The maximum atomic E-state index is 12.2. The molecular formula is C14H17N3O3. The molecule has 1 aliphatic heterocycles. The van der Waals surface area contributed by atoms with Gasteiger partial charge in [-0.2, -0.15) is 0 Å². The molecule has 0 atom stereocenters. The van der Waals surface area contributed by atoms with Gasteiger partial charge in [0.05, 0.1) is 0 Å². The summed E-state index contributed by atoms with van der Waals surface area (Å²) >= 11 is 0. The molecule has 2 rings (SSSR count). The molecule has 0 radical (unpaired) electrons. The number of carbonyl (C=O) groups excluding carboxylic acids is 3. The van der Waals surface area contributed by atoms with Gasteiger partial charge in [0.15, 0.2) is 0 Å². The van der Waals surface area contributed by atoms with Crippen molar-refractivity contribution in [2.24, 2.45) is 0 Å². The van der Waals surface area contributed by atoms with Crippen LogP contribution in [-0.4, -0.2) is 39.7 Å². The molecule has 0 bridgehead atoms. The zero-order valence-electron chi connectivity index (χ0n) is 11.5. The topological polar surface area (TPSA) is 79.4 Å². The van der Waals surface area contributed by atoms with Gasteiger partial charge >= 0.3 is 0 Å². The number of aromatic nitrogens is 1. The van der Waals surface area contributed by atoms with E-state index in [4.69, 9.17) is 0 Å². The third-order valence-electron chi connectivity index (χ3n) is 3.41. The lowest BCUT2D eigenvalue weighted by atomic mass is 9.98. The summed E-state index contributed by atoms with van der Waals surface area (Å²) in [5.41, 5.74) is -0.193. The Labute approximate surface area is 117 Å². The molecule has 20 heavy (non-hydrogen) atoms. The lowest BCUT2D eigenvalue weighted by Crippen LogP contribution is -2.65. The second kappa shape index (κ2) is 5.40. The molecule has 0 aliphatic carbocycles. The van der Waals surface area contributed by atoms with Crippen LogP contribution >= 0.6 is 0 Å². The van der Waals surface area contributed by atoms with Crippen LogP contribution in [0.5, 0.6) is 0 Å². The fourth-order valence-corrected chi connectivity index (χ4v) is 2.10. The number of imide groups is 1. The maximum absolute atomic E-state index is 12.2. The average molecular weight is 275 g/mol. The fraction of sp³-hybridized carbons (Fsp3) is 0.429. The number of aryl methyl sites for hydroxylation is 1. The van der Waals surface area contributed by atoms with Gasteiger partial charge in [-0.1, -0.05) is 6.07 Å². The molecule has 1 fully saturated rings. The first-order chi connectivity index (χ1) is 9.41. The highest BCUT2D eigenvalue weighted by Gasteiger charge is 2.43. The van der Waals surface area contributed by atoms with E-state index < -0.39 is 17.4 Å². The lowest BCUT2D eigenvalue weighted by Gasteiger charge is -2.40. The van der Waals surface area contributed by atoms with Crippen LogP contribution in [0.1, 0.15) is 26.0 Å². The van der Waals surface area contributed by atoms with Gasteiger partial charge in [0, 0.05) is 18.3 Å². The van der Waals surface area contributed by atoms with Crippen LogP contribution in [0.15, 0.2) is 24.4 Å². The van der Waals surface area contributed by atoms with E-state index in [9.17, 15) is 14.4 Å². The number of hydrogen-bond donors (Lipinski definition) is 1. The van der Waals surface area contributed by atoms with Crippen molar-refractivity contribution >= 4 is 17.7 Å². The Morgan fingerprint density at radius 3 is 2.80 bits per heavy atom. The molecule has 0 aromatic carbocycles. The van der Waals surface area contributed by atoms with Crippen LogP contribution in [0.25, 0.3) is 0 Å². The second-order valence-electron chi connectivity index (χ2n) is 5.24. The number of nitrogens with zero attached hydrogens (tertiary/aromatic N) is 2. The molecule has 0 saturated carbocycles. The molecule has 6 nitrogen and oxygen atoms in total. The van der Waals surface area contributed by atoms with Crippen molar-refractivity contribution in [1.29, 1.82) is 0 Å². The van der Waals surface area contributed by atoms with Crippen molar-refractivity contribution in [3.8, 4) is 0 Å². The zero-order chi connectivity index (χ0) is 14.8. The van der Waals surface area contributed by atoms with E-state index in [1.165, 1.54) is 4.90 Å². The number of rotatable bonds is 3. The van der Waals surface area contributed by atoms with E-state index in [0.717, 1.165) is 5.69 Å². The first-order valence-corrected chi connectivity index (χ1v) is 6.46. The molecule has 106 valence electrons. The van der Waals surface area contributed by atoms with Crippen LogP contribution in [0.4, 0.5) is 0 Å². The van der Waals surface area contributed by atoms with E-state index in [-0.39, 0.29) is 18.9 Å². The zero-order valence-corrected chi connectivity index (χ0v) is 11.5. The van der Waals surface area contributed by atoms with E-state index in [0.29, 0.717) is 6.42 Å². The Hall–Kier alpha value is -2.24. The molecule has 3 amide bonds. The molecular weight excluding hydrogens is 258 g/mol. The summed E-state index contributed by atoms with van der Waals surface area (Å²) in [6, 6.07) is 5.50. The minimum atomic E-state index is -1.00. The van der Waals surface area contributed by atoms with Gasteiger partial charge in [0.25, 0.3) is 5.91 Å². The van der Waals surface area contributed by atoms with Crippen LogP contribution in [0, 0.1) is 0 Å². The van der Waals surface area contributed by atoms with Crippen molar-refractivity contribution in [3.05, 3.63) is 30.1 Å². The Bertz CT molecular complexity index is 540. The van der Waals surface area contributed by atoms with E-state index in [1.54, 1.807) is 20.0 Å². The third kappa shape index (κ3) is 2.84. The SMILES string of the molecule is CC1(C)C(=O)NC(=O)CN1C(=O)CCc1ccccn1. The smallest absolute Gasteiger partial charge is 0.252 e. The summed E-state index contributed by atoms with van der Waals surface area (Å²) < 4.78 is 0. The van der Waals surface area contributed by atoms with Crippen LogP contribution < -0.4 is 5.32 Å². The first kappa shape index (κ1) is 14.2. The van der Waals surface area contributed by atoms with E-state index in [1.807, 2.05) is 18.2 Å². The van der Waals surface area contributed by atoms with Gasteiger partial charge in [0.1, 0.15) is 12.1 Å². The van der Waals surface area contributed by atoms with Crippen LogP contribution in [-0.2, 0) is 20.8 Å². The third-order valence-corrected chi connectivity index (χ3v) is 3.41. The number of amides is 3. The molecule has 2 heterocycles. The Balaban J connectivity index is 2.04. The molecule has 1 aliphatic rings. The Morgan fingerprint density at radius 2 is 2.15 bits per heavy atom. The summed E-state index contributed by atoms with van der Waals surface area (Å²) in [6.07, 6.45) is 2.38. The molecule has 6 heteroatoms. The quantitative estimate of drug-likeness (QED) is 0.803. The maximum Gasteiger partial charge on any atom is 0.252 e. The Morgan fingerprint density at radius 1 is 1.40 bits per heavy atom. The summed E-state index contributed by atoms with van der Waals surface area (Å²) in [5, 5.41) is 2.24. The van der Waals surface area contributed by atoms with Crippen molar-refractivity contribution in [2.45, 2.75) is 32.2 Å². The summed E-state index contributed by atoms with van der Waals surface area (Å²) in [6.45, 7) is 3.18. The molecule has 0 unspecified atom stereocenters. The molecule has 1 N–H and O–H groups in total. The van der Waals surface area contributed by atoms with Gasteiger partial charge in [-0.3, -0.25) is 24.7 Å². The molecule has 1 saturated heterocycles. The number of pyridine rings is 1. The lowest BCUT2D eigenvalue weighted by molar-refractivity contribution is -0.155.